The summed E-state index contributed by atoms with van der Waals surface area (Å²) in [6.07, 6.45) is 1.74. The largest absolute Gasteiger partial charge is 0.373 e. The molecule has 0 aliphatic heterocycles. The average molecular weight is 237 g/mol. The van der Waals surface area contributed by atoms with Crippen LogP contribution in [0.1, 0.15) is 11.4 Å². The van der Waals surface area contributed by atoms with Crippen LogP contribution in [0.3, 0.4) is 0 Å². The lowest BCUT2D eigenvalue weighted by Crippen LogP contribution is -2.01. The van der Waals surface area contributed by atoms with E-state index in [2.05, 4.69) is 15.4 Å². The van der Waals surface area contributed by atoms with Crippen LogP contribution < -0.4 is 5.32 Å². The second-order valence-corrected chi connectivity index (χ2v) is 3.92. The zero-order valence-corrected chi connectivity index (χ0v) is 10.2. The molecule has 0 spiro atoms. The van der Waals surface area contributed by atoms with Gasteiger partial charge < -0.3 is 5.32 Å². The normalized spacial score (nSPS) is 10.5. The van der Waals surface area contributed by atoms with Crippen molar-refractivity contribution in [1.82, 2.24) is 14.8 Å². The number of anilines is 1. The molecule has 0 aromatic carbocycles. The van der Waals surface area contributed by atoms with Gasteiger partial charge >= 0.3 is 0 Å². The van der Waals surface area contributed by atoms with E-state index in [0.717, 1.165) is 22.9 Å². The van der Waals surface area contributed by atoms with Crippen molar-refractivity contribution >= 4 is 17.4 Å². The Bertz CT molecular complexity index is 519. The molecular weight excluding hydrogens is 224 g/mol. The van der Waals surface area contributed by atoms with Gasteiger partial charge in [-0.25, -0.2) is 9.67 Å². The van der Waals surface area contributed by atoms with Crippen molar-refractivity contribution in [3.8, 4) is 5.69 Å². The molecule has 5 heteroatoms. The zero-order valence-electron chi connectivity index (χ0n) is 9.45. The quantitative estimate of drug-likeness (QED) is 0.872. The molecule has 16 heavy (non-hydrogen) atoms. The third kappa shape index (κ3) is 1.76. The van der Waals surface area contributed by atoms with Gasteiger partial charge in [-0.15, -0.1) is 0 Å². The molecule has 2 rings (SSSR count). The Labute approximate surface area is 99.3 Å². The van der Waals surface area contributed by atoms with Crippen LogP contribution in [0.25, 0.3) is 5.69 Å². The maximum absolute atomic E-state index is 6.11. The Balaban J connectivity index is 2.54. The van der Waals surface area contributed by atoms with E-state index in [0.29, 0.717) is 5.02 Å². The summed E-state index contributed by atoms with van der Waals surface area (Å²) in [5.74, 6) is 0.807. The predicted octanol–water partition coefficient (Wildman–Crippen LogP) is 2.58. The molecule has 0 aliphatic rings. The number of nitrogens with zero attached hydrogens (tertiary/aromatic N) is 3. The Morgan fingerprint density at radius 3 is 2.69 bits per heavy atom. The van der Waals surface area contributed by atoms with Crippen molar-refractivity contribution in [2.45, 2.75) is 13.8 Å². The summed E-state index contributed by atoms with van der Waals surface area (Å²) in [4.78, 5) is 4.16. The Hall–Kier alpha value is -1.55. The van der Waals surface area contributed by atoms with Crippen LogP contribution in [-0.2, 0) is 0 Å². The van der Waals surface area contributed by atoms with E-state index in [-0.39, 0.29) is 0 Å². The van der Waals surface area contributed by atoms with Gasteiger partial charge in [0.25, 0.3) is 0 Å². The minimum atomic E-state index is 0.711. The fraction of sp³-hybridized carbons (Fsp3) is 0.273. The topological polar surface area (TPSA) is 42.7 Å². The maximum Gasteiger partial charge on any atom is 0.127 e. The lowest BCUT2D eigenvalue weighted by molar-refractivity contribution is 0.832. The first-order valence-electron chi connectivity index (χ1n) is 4.99. The molecule has 1 N–H and O–H groups in total. The number of aryl methyl sites for hydroxylation is 1. The highest BCUT2D eigenvalue weighted by Gasteiger charge is 2.10. The molecule has 2 aromatic heterocycles. The molecule has 0 aliphatic carbocycles. The van der Waals surface area contributed by atoms with Gasteiger partial charge in [0.05, 0.1) is 22.1 Å². The molecule has 0 saturated heterocycles. The van der Waals surface area contributed by atoms with Crippen molar-refractivity contribution in [2.75, 3.05) is 12.4 Å². The lowest BCUT2D eigenvalue weighted by Gasteiger charge is -2.05. The van der Waals surface area contributed by atoms with E-state index in [1.165, 1.54) is 0 Å². The predicted molar refractivity (Wildman–Crippen MR) is 65.4 cm³/mol. The smallest absolute Gasteiger partial charge is 0.127 e. The Kier molecular flexibility index (Phi) is 2.83. The monoisotopic (exact) mass is 236 g/mol. The van der Waals surface area contributed by atoms with Gasteiger partial charge in [-0.05, 0) is 19.9 Å². The van der Waals surface area contributed by atoms with E-state index in [9.17, 15) is 0 Å². The molecule has 4 nitrogen and oxygen atoms in total. The third-order valence-corrected chi connectivity index (χ3v) is 2.99. The summed E-state index contributed by atoms with van der Waals surface area (Å²) in [5.41, 5.74) is 2.72. The molecule has 84 valence electrons. The fourth-order valence-corrected chi connectivity index (χ4v) is 1.68. The summed E-state index contributed by atoms with van der Waals surface area (Å²) in [6.45, 7) is 3.84. The Morgan fingerprint density at radius 1 is 1.38 bits per heavy atom. The van der Waals surface area contributed by atoms with Crippen molar-refractivity contribution in [2.24, 2.45) is 0 Å². The van der Waals surface area contributed by atoms with Crippen LogP contribution in [0, 0.1) is 13.8 Å². The molecule has 0 radical (unpaired) electrons. The number of hydrogen-bond acceptors (Lipinski definition) is 3. The molecular formula is C11H13ClN4. The van der Waals surface area contributed by atoms with E-state index in [1.54, 1.807) is 6.20 Å². The van der Waals surface area contributed by atoms with Crippen LogP contribution in [-0.4, -0.2) is 21.8 Å². The highest BCUT2D eigenvalue weighted by molar-refractivity contribution is 6.31. The first-order chi connectivity index (χ1) is 7.63. The summed E-state index contributed by atoms with van der Waals surface area (Å²) in [5, 5.41) is 8.09. The van der Waals surface area contributed by atoms with Gasteiger partial charge in [-0.2, -0.15) is 5.10 Å². The fourth-order valence-electron chi connectivity index (χ4n) is 1.56. The number of aromatic nitrogens is 3. The van der Waals surface area contributed by atoms with Crippen LogP contribution in [0.5, 0.6) is 0 Å². The van der Waals surface area contributed by atoms with Gasteiger partial charge in [-0.3, -0.25) is 0 Å². The minimum absolute atomic E-state index is 0.711. The van der Waals surface area contributed by atoms with Crippen LogP contribution in [0.15, 0.2) is 18.3 Å². The van der Waals surface area contributed by atoms with Crippen LogP contribution >= 0.6 is 11.6 Å². The average Bonchev–Trinajstić information content (AvgIpc) is 2.57. The lowest BCUT2D eigenvalue weighted by atomic mass is 10.3. The molecule has 0 saturated carbocycles. The van der Waals surface area contributed by atoms with Crippen molar-refractivity contribution in [3.05, 3.63) is 34.7 Å². The summed E-state index contributed by atoms with van der Waals surface area (Å²) >= 11 is 6.11. The first kappa shape index (κ1) is 11.0. The van der Waals surface area contributed by atoms with Crippen molar-refractivity contribution in [3.63, 3.8) is 0 Å². The molecule has 2 heterocycles. The van der Waals surface area contributed by atoms with Crippen LogP contribution in [0.4, 0.5) is 5.82 Å². The van der Waals surface area contributed by atoms with Crippen LogP contribution in [0.2, 0.25) is 5.02 Å². The number of pyridine rings is 1. The molecule has 0 atom stereocenters. The first-order valence-corrected chi connectivity index (χ1v) is 5.37. The SMILES string of the molecule is CNc1cc(-n2nc(C)c(Cl)c2C)ccn1. The van der Waals surface area contributed by atoms with E-state index >= 15 is 0 Å². The van der Waals surface area contributed by atoms with Gasteiger partial charge in [0.1, 0.15) is 5.82 Å². The summed E-state index contributed by atoms with van der Waals surface area (Å²) < 4.78 is 1.82. The number of rotatable bonds is 2. The summed E-state index contributed by atoms with van der Waals surface area (Å²) in [6, 6.07) is 3.83. The van der Waals surface area contributed by atoms with Crippen molar-refractivity contribution in [1.29, 1.82) is 0 Å². The zero-order chi connectivity index (χ0) is 11.7. The number of halogens is 1. The molecule has 0 fully saturated rings. The van der Waals surface area contributed by atoms with Gasteiger partial charge in [0.2, 0.25) is 0 Å². The van der Waals surface area contributed by atoms with E-state index in [4.69, 9.17) is 11.6 Å². The highest BCUT2D eigenvalue weighted by atomic mass is 35.5. The highest BCUT2D eigenvalue weighted by Crippen LogP contribution is 2.22. The maximum atomic E-state index is 6.11. The van der Waals surface area contributed by atoms with Crippen molar-refractivity contribution < 1.29 is 0 Å². The second-order valence-electron chi connectivity index (χ2n) is 3.55. The molecule has 0 amide bonds. The van der Waals surface area contributed by atoms with E-state index in [1.807, 2.05) is 37.7 Å². The Morgan fingerprint density at radius 2 is 2.12 bits per heavy atom. The van der Waals surface area contributed by atoms with Gasteiger partial charge in [0.15, 0.2) is 0 Å². The van der Waals surface area contributed by atoms with Gasteiger partial charge in [-0.1, -0.05) is 11.6 Å². The minimum Gasteiger partial charge on any atom is -0.373 e. The van der Waals surface area contributed by atoms with E-state index < -0.39 is 0 Å². The second kappa shape index (κ2) is 4.14. The summed E-state index contributed by atoms with van der Waals surface area (Å²) in [7, 11) is 1.83. The molecule has 0 bridgehead atoms. The van der Waals surface area contributed by atoms with Gasteiger partial charge in [0, 0.05) is 19.3 Å². The number of hydrogen-bond donors (Lipinski definition) is 1. The third-order valence-electron chi connectivity index (χ3n) is 2.45. The number of nitrogens with one attached hydrogen (secondary N) is 1. The molecule has 2 aromatic rings. The standard InChI is InChI=1S/C11H13ClN4/c1-7-11(12)8(2)16(15-7)9-4-5-14-10(6-9)13-3/h4-6H,1-3H3,(H,13,14). The molecule has 0 unspecified atom stereocenters.